The second kappa shape index (κ2) is 7.86. The van der Waals surface area contributed by atoms with Gasteiger partial charge in [-0.15, -0.1) is 0 Å². The molecule has 1 aliphatic rings. The molecule has 0 atom stereocenters. The van der Waals surface area contributed by atoms with Crippen molar-refractivity contribution < 1.29 is 14.5 Å². The highest BCUT2D eigenvalue weighted by Crippen LogP contribution is 2.23. The van der Waals surface area contributed by atoms with Gasteiger partial charge < -0.3 is 15.1 Å². The number of nitro benzene ring substituents is 1. The number of aryl methyl sites for hydroxylation is 1. The fraction of sp³-hybridized carbons (Fsp3) is 0.263. The fourth-order valence-electron chi connectivity index (χ4n) is 3.05. The Labute approximate surface area is 156 Å². The van der Waals surface area contributed by atoms with Gasteiger partial charge in [0.25, 0.3) is 5.69 Å². The molecule has 8 nitrogen and oxygen atoms in total. The van der Waals surface area contributed by atoms with E-state index in [2.05, 4.69) is 16.3 Å². The summed E-state index contributed by atoms with van der Waals surface area (Å²) < 4.78 is 0. The molecule has 1 saturated heterocycles. The number of hydrogen-bond donors (Lipinski definition) is 1. The van der Waals surface area contributed by atoms with Crippen molar-refractivity contribution in [2.75, 3.05) is 36.4 Å². The lowest BCUT2D eigenvalue weighted by atomic mass is 10.2. The molecule has 0 bridgehead atoms. The van der Waals surface area contributed by atoms with E-state index < -0.39 is 16.7 Å². The van der Waals surface area contributed by atoms with E-state index in [1.807, 2.05) is 25.1 Å². The van der Waals surface area contributed by atoms with Crippen LogP contribution in [-0.2, 0) is 9.59 Å². The molecule has 140 valence electrons. The maximum atomic E-state index is 12.4. The molecule has 3 rings (SSSR count). The number of amides is 2. The van der Waals surface area contributed by atoms with Crippen molar-refractivity contribution in [3.63, 3.8) is 0 Å². The van der Waals surface area contributed by atoms with E-state index in [4.69, 9.17) is 0 Å². The van der Waals surface area contributed by atoms with Gasteiger partial charge in [-0.3, -0.25) is 19.7 Å². The number of nitrogens with one attached hydrogen (secondary N) is 1. The SMILES string of the molecule is Cc1cccc(N2CCN(C(=O)C(=O)Nc3ccccc3[N+](=O)[O-])CC2)c1. The lowest BCUT2D eigenvalue weighted by Crippen LogP contribution is -2.51. The number of para-hydroxylation sites is 2. The molecular formula is C19H20N4O4. The fourth-order valence-corrected chi connectivity index (χ4v) is 3.05. The van der Waals surface area contributed by atoms with Crippen LogP contribution >= 0.6 is 0 Å². The molecule has 1 heterocycles. The first-order valence-electron chi connectivity index (χ1n) is 8.61. The highest BCUT2D eigenvalue weighted by molar-refractivity contribution is 6.39. The van der Waals surface area contributed by atoms with Gasteiger partial charge in [0.15, 0.2) is 0 Å². The number of nitro groups is 1. The zero-order valence-electron chi connectivity index (χ0n) is 14.9. The Balaban J connectivity index is 1.61. The summed E-state index contributed by atoms with van der Waals surface area (Å²) in [5, 5.41) is 13.4. The first-order valence-corrected chi connectivity index (χ1v) is 8.61. The summed E-state index contributed by atoms with van der Waals surface area (Å²) in [5.74, 6) is -1.55. The molecule has 0 radical (unpaired) electrons. The van der Waals surface area contributed by atoms with Crippen LogP contribution < -0.4 is 10.2 Å². The largest absolute Gasteiger partial charge is 0.368 e. The number of carbonyl (C=O) groups is 2. The van der Waals surface area contributed by atoms with E-state index in [9.17, 15) is 19.7 Å². The second-order valence-electron chi connectivity index (χ2n) is 6.35. The van der Waals surface area contributed by atoms with Crippen LogP contribution in [0.15, 0.2) is 48.5 Å². The third-order valence-corrected chi connectivity index (χ3v) is 4.48. The van der Waals surface area contributed by atoms with Crippen LogP contribution in [-0.4, -0.2) is 47.8 Å². The molecule has 1 fully saturated rings. The predicted octanol–water partition coefficient (Wildman–Crippen LogP) is 2.19. The van der Waals surface area contributed by atoms with Crippen molar-refractivity contribution in [1.82, 2.24) is 4.90 Å². The molecule has 0 aliphatic carbocycles. The summed E-state index contributed by atoms with van der Waals surface area (Å²) in [4.78, 5) is 38.7. The van der Waals surface area contributed by atoms with Crippen molar-refractivity contribution in [3.05, 3.63) is 64.2 Å². The van der Waals surface area contributed by atoms with Crippen molar-refractivity contribution in [3.8, 4) is 0 Å². The van der Waals surface area contributed by atoms with Crippen LogP contribution in [0, 0.1) is 17.0 Å². The summed E-state index contributed by atoms with van der Waals surface area (Å²) in [6, 6.07) is 13.9. The topological polar surface area (TPSA) is 95.8 Å². The highest BCUT2D eigenvalue weighted by atomic mass is 16.6. The van der Waals surface area contributed by atoms with Crippen LogP contribution in [0.4, 0.5) is 17.1 Å². The van der Waals surface area contributed by atoms with Crippen LogP contribution in [0.3, 0.4) is 0 Å². The number of anilines is 2. The quantitative estimate of drug-likeness (QED) is 0.509. The normalized spacial score (nSPS) is 14.0. The van der Waals surface area contributed by atoms with E-state index in [1.54, 1.807) is 6.07 Å². The zero-order chi connectivity index (χ0) is 19.4. The van der Waals surface area contributed by atoms with Gasteiger partial charge in [-0.25, -0.2) is 0 Å². The Hall–Kier alpha value is -3.42. The summed E-state index contributed by atoms with van der Waals surface area (Å²) >= 11 is 0. The summed E-state index contributed by atoms with van der Waals surface area (Å²) in [6.45, 7) is 4.09. The van der Waals surface area contributed by atoms with Crippen LogP contribution in [0.25, 0.3) is 0 Å². The Bertz CT molecular complexity index is 876. The van der Waals surface area contributed by atoms with E-state index in [1.165, 1.54) is 23.1 Å². The van der Waals surface area contributed by atoms with Crippen molar-refractivity contribution in [2.24, 2.45) is 0 Å². The first kappa shape index (κ1) is 18.4. The smallest absolute Gasteiger partial charge is 0.314 e. The van der Waals surface area contributed by atoms with E-state index in [0.29, 0.717) is 26.2 Å². The number of benzene rings is 2. The third kappa shape index (κ3) is 4.22. The molecule has 27 heavy (non-hydrogen) atoms. The number of carbonyl (C=O) groups excluding carboxylic acids is 2. The lowest BCUT2D eigenvalue weighted by Gasteiger charge is -2.35. The van der Waals surface area contributed by atoms with Gasteiger partial charge >= 0.3 is 11.8 Å². The van der Waals surface area contributed by atoms with E-state index in [-0.39, 0.29) is 11.4 Å². The molecule has 0 aromatic heterocycles. The predicted molar refractivity (Wildman–Crippen MR) is 102 cm³/mol. The monoisotopic (exact) mass is 368 g/mol. The second-order valence-corrected chi connectivity index (χ2v) is 6.35. The average Bonchev–Trinajstić information content (AvgIpc) is 2.67. The lowest BCUT2D eigenvalue weighted by molar-refractivity contribution is -0.383. The third-order valence-electron chi connectivity index (χ3n) is 4.48. The van der Waals surface area contributed by atoms with E-state index in [0.717, 1.165) is 11.3 Å². The van der Waals surface area contributed by atoms with Gasteiger partial charge in [0.2, 0.25) is 0 Å². The number of rotatable bonds is 3. The summed E-state index contributed by atoms with van der Waals surface area (Å²) in [5.41, 5.74) is 2.02. The number of hydrogen-bond acceptors (Lipinski definition) is 5. The number of nitrogens with zero attached hydrogens (tertiary/aromatic N) is 3. The molecule has 1 aliphatic heterocycles. The maximum absolute atomic E-state index is 12.4. The minimum atomic E-state index is -0.867. The molecule has 2 amide bonds. The van der Waals surface area contributed by atoms with Crippen LogP contribution in [0.2, 0.25) is 0 Å². The van der Waals surface area contributed by atoms with Crippen molar-refractivity contribution in [2.45, 2.75) is 6.92 Å². The van der Waals surface area contributed by atoms with Crippen molar-refractivity contribution in [1.29, 1.82) is 0 Å². The molecule has 2 aromatic carbocycles. The zero-order valence-corrected chi connectivity index (χ0v) is 14.9. The molecule has 8 heteroatoms. The molecular weight excluding hydrogens is 348 g/mol. The standard InChI is InChI=1S/C19H20N4O4/c1-14-5-4-6-15(13-14)21-9-11-22(12-10-21)19(25)18(24)20-16-7-2-3-8-17(16)23(26)27/h2-8,13H,9-12H2,1H3,(H,20,24). The van der Waals surface area contributed by atoms with Gasteiger partial charge in [-0.05, 0) is 30.7 Å². The van der Waals surface area contributed by atoms with Crippen LogP contribution in [0.1, 0.15) is 5.56 Å². The van der Waals surface area contributed by atoms with Gasteiger partial charge in [0, 0.05) is 37.9 Å². The highest BCUT2D eigenvalue weighted by Gasteiger charge is 2.27. The maximum Gasteiger partial charge on any atom is 0.314 e. The molecule has 1 N–H and O–H groups in total. The van der Waals surface area contributed by atoms with Crippen LogP contribution in [0.5, 0.6) is 0 Å². The number of piperazine rings is 1. The van der Waals surface area contributed by atoms with Gasteiger partial charge in [-0.1, -0.05) is 24.3 Å². The van der Waals surface area contributed by atoms with Gasteiger partial charge in [0.05, 0.1) is 4.92 Å². The Morgan fingerprint density at radius 1 is 1.04 bits per heavy atom. The van der Waals surface area contributed by atoms with Gasteiger partial charge in [-0.2, -0.15) is 0 Å². The van der Waals surface area contributed by atoms with E-state index >= 15 is 0 Å². The average molecular weight is 368 g/mol. The van der Waals surface area contributed by atoms with Crippen molar-refractivity contribution >= 4 is 28.9 Å². The molecule has 0 unspecified atom stereocenters. The molecule has 0 saturated carbocycles. The summed E-state index contributed by atoms with van der Waals surface area (Å²) in [6.07, 6.45) is 0. The van der Waals surface area contributed by atoms with Gasteiger partial charge in [0.1, 0.15) is 5.69 Å². The molecule has 0 spiro atoms. The minimum absolute atomic E-state index is 0.0132. The summed E-state index contributed by atoms with van der Waals surface area (Å²) in [7, 11) is 0. The minimum Gasteiger partial charge on any atom is -0.368 e. The molecule has 2 aromatic rings. The Morgan fingerprint density at radius 2 is 1.74 bits per heavy atom. The Kier molecular flexibility index (Phi) is 5.35. The Morgan fingerprint density at radius 3 is 2.41 bits per heavy atom. The first-order chi connectivity index (χ1) is 13.0.